The minimum absolute atomic E-state index is 0.0432. The molecule has 0 radical (unpaired) electrons. The number of rotatable bonds is 1. The highest BCUT2D eigenvalue weighted by Crippen LogP contribution is 2.29. The molecule has 3 aromatic rings. The van der Waals surface area contributed by atoms with Gasteiger partial charge in [-0.1, -0.05) is 18.2 Å². The van der Waals surface area contributed by atoms with E-state index in [9.17, 15) is 4.79 Å². The number of imidazole rings is 1. The van der Waals surface area contributed by atoms with Crippen LogP contribution in [0, 0.1) is 0 Å². The van der Waals surface area contributed by atoms with Gasteiger partial charge in [-0.15, -0.1) is 0 Å². The fraction of sp³-hybridized carbons (Fsp3) is 0.125. The van der Waals surface area contributed by atoms with E-state index in [0.717, 1.165) is 22.4 Å². The molecular formula is C16H14N4O. The van der Waals surface area contributed by atoms with Crippen LogP contribution in [0.1, 0.15) is 10.4 Å². The first kappa shape index (κ1) is 12.0. The number of nitrogen functional groups attached to an aromatic ring is 1. The molecule has 0 saturated carbocycles. The Morgan fingerprint density at radius 1 is 1.19 bits per heavy atom. The highest BCUT2D eigenvalue weighted by Gasteiger charge is 2.21. The maximum Gasteiger partial charge on any atom is 0.253 e. The SMILES string of the molecule is Nc1cccc(-c2nc3cccc4c3n2CCNC4=O)c1. The van der Waals surface area contributed by atoms with Crippen LogP contribution in [-0.2, 0) is 6.54 Å². The lowest BCUT2D eigenvalue weighted by Gasteiger charge is -2.07. The lowest BCUT2D eigenvalue weighted by Crippen LogP contribution is -2.24. The van der Waals surface area contributed by atoms with E-state index in [4.69, 9.17) is 10.7 Å². The summed E-state index contributed by atoms with van der Waals surface area (Å²) in [6, 6.07) is 13.3. The lowest BCUT2D eigenvalue weighted by molar-refractivity contribution is 0.0956. The van der Waals surface area contributed by atoms with E-state index in [-0.39, 0.29) is 5.91 Å². The molecule has 1 aliphatic heterocycles. The molecule has 0 bridgehead atoms. The minimum atomic E-state index is -0.0432. The monoisotopic (exact) mass is 278 g/mol. The van der Waals surface area contributed by atoms with E-state index in [2.05, 4.69) is 9.88 Å². The molecule has 2 heterocycles. The fourth-order valence-corrected chi connectivity index (χ4v) is 2.86. The number of aromatic nitrogens is 2. The van der Waals surface area contributed by atoms with Crippen LogP contribution in [0.4, 0.5) is 5.69 Å². The van der Waals surface area contributed by atoms with Crippen molar-refractivity contribution in [1.82, 2.24) is 14.9 Å². The molecule has 1 amide bonds. The Balaban J connectivity index is 2.05. The van der Waals surface area contributed by atoms with Crippen molar-refractivity contribution in [2.45, 2.75) is 6.54 Å². The number of hydrogen-bond acceptors (Lipinski definition) is 3. The second-order valence-electron chi connectivity index (χ2n) is 5.14. The minimum Gasteiger partial charge on any atom is -0.399 e. The molecule has 5 nitrogen and oxygen atoms in total. The number of nitrogens with two attached hydrogens (primary N) is 1. The summed E-state index contributed by atoms with van der Waals surface area (Å²) in [5, 5.41) is 2.92. The summed E-state index contributed by atoms with van der Waals surface area (Å²) in [5.74, 6) is 0.805. The molecule has 3 N–H and O–H groups in total. The third kappa shape index (κ3) is 1.78. The molecule has 0 unspecified atom stereocenters. The van der Waals surface area contributed by atoms with Crippen molar-refractivity contribution in [1.29, 1.82) is 0 Å². The smallest absolute Gasteiger partial charge is 0.253 e. The average Bonchev–Trinajstić information content (AvgIpc) is 2.77. The van der Waals surface area contributed by atoms with Crippen molar-refractivity contribution in [2.24, 2.45) is 0 Å². The zero-order chi connectivity index (χ0) is 14.4. The number of nitrogens with zero attached hydrogens (tertiary/aromatic N) is 2. The summed E-state index contributed by atoms with van der Waals surface area (Å²) in [6.45, 7) is 1.29. The predicted octanol–water partition coefficient (Wildman–Crippen LogP) is 2.03. The molecule has 104 valence electrons. The van der Waals surface area contributed by atoms with E-state index in [1.54, 1.807) is 0 Å². The third-order valence-electron chi connectivity index (χ3n) is 3.78. The van der Waals surface area contributed by atoms with Crippen molar-refractivity contribution in [2.75, 3.05) is 12.3 Å². The highest BCUT2D eigenvalue weighted by molar-refractivity contribution is 6.06. The van der Waals surface area contributed by atoms with Gasteiger partial charge in [-0.05, 0) is 24.3 Å². The summed E-state index contributed by atoms with van der Waals surface area (Å²) in [4.78, 5) is 16.8. The molecule has 0 fully saturated rings. The second-order valence-corrected chi connectivity index (χ2v) is 5.14. The van der Waals surface area contributed by atoms with Crippen LogP contribution in [0.3, 0.4) is 0 Å². The molecule has 1 aromatic heterocycles. The van der Waals surface area contributed by atoms with Gasteiger partial charge in [0.2, 0.25) is 0 Å². The summed E-state index contributed by atoms with van der Waals surface area (Å²) in [6.07, 6.45) is 0. The zero-order valence-electron chi connectivity index (χ0n) is 11.3. The largest absolute Gasteiger partial charge is 0.399 e. The van der Waals surface area contributed by atoms with Crippen molar-refractivity contribution >= 4 is 22.6 Å². The molecule has 0 aliphatic carbocycles. The first-order valence-electron chi connectivity index (χ1n) is 6.87. The molecule has 5 heteroatoms. The molecule has 2 aromatic carbocycles. The van der Waals surface area contributed by atoms with Crippen LogP contribution >= 0.6 is 0 Å². The van der Waals surface area contributed by atoms with E-state index in [1.807, 2.05) is 42.5 Å². The molecule has 0 atom stereocenters. The van der Waals surface area contributed by atoms with E-state index in [1.165, 1.54) is 0 Å². The van der Waals surface area contributed by atoms with E-state index in [0.29, 0.717) is 24.3 Å². The van der Waals surface area contributed by atoms with Crippen molar-refractivity contribution in [3.8, 4) is 11.4 Å². The maximum atomic E-state index is 12.1. The summed E-state index contributed by atoms with van der Waals surface area (Å²) in [7, 11) is 0. The highest BCUT2D eigenvalue weighted by atomic mass is 16.1. The molecular weight excluding hydrogens is 264 g/mol. The Morgan fingerprint density at radius 3 is 2.90 bits per heavy atom. The topological polar surface area (TPSA) is 72.9 Å². The van der Waals surface area contributed by atoms with Gasteiger partial charge in [0.25, 0.3) is 5.91 Å². The Hall–Kier alpha value is -2.82. The number of carbonyl (C=O) groups is 1. The molecule has 0 spiro atoms. The van der Waals surface area contributed by atoms with Crippen LogP contribution in [0.5, 0.6) is 0 Å². The normalized spacial score (nSPS) is 14.0. The standard InChI is InChI=1S/C16H14N4O/c17-11-4-1-3-10(9-11)15-19-13-6-2-5-12-14(13)20(15)8-7-18-16(12)21/h1-6,9H,7-8,17H2,(H,18,21). The zero-order valence-corrected chi connectivity index (χ0v) is 11.3. The van der Waals surface area contributed by atoms with Crippen LogP contribution in [0.2, 0.25) is 0 Å². The number of nitrogens with one attached hydrogen (secondary N) is 1. The number of para-hydroxylation sites is 1. The van der Waals surface area contributed by atoms with Crippen molar-refractivity contribution in [3.05, 3.63) is 48.0 Å². The molecule has 21 heavy (non-hydrogen) atoms. The van der Waals surface area contributed by atoms with Gasteiger partial charge in [0.15, 0.2) is 0 Å². The van der Waals surface area contributed by atoms with E-state index >= 15 is 0 Å². The fourth-order valence-electron chi connectivity index (χ4n) is 2.86. The molecule has 1 aliphatic rings. The molecule has 4 rings (SSSR count). The van der Waals surface area contributed by atoms with Crippen LogP contribution in [0.15, 0.2) is 42.5 Å². The number of benzene rings is 2. The van der Waals surface area contributed by atoms with Gasteiger partial charge in [0.1, 0.15) is 5.82 Å². The lowest BCUT2D eigenvalue weighted by atomic mass is 10.1. The van der Waals surface area contributed by atoms with Gasteiger partial charge in [-0.3, -0.25) is 4.79 Å². The number of amides is 1. The summed E-state index contributed by atoms with van der Waals surface area (Å²) < 4.78 is 2.09. The number of hydrogen-bond donors (Lipinski definition) is 2. The van der Waals surface area contributed by atoms with E-state index < -0.39 is 0 Å². The molecule has 0 saturated heterocycles. The third-order valence-corrected chi connectivity index (χ3v) is 3.78. The average molecular weight is 278 g/mol. The van der Waals surface area contributed by atoms with Gasteiger partial charge < -0.3 is 15.6 Å². The van der Waals surface area contributed by atoms with Gasteiger partial charge in [0, 0.05) is 24.3 Å². The van der Waals surface area contributed by atoms with Gasteiger partial charge in [-0.25, -0.2) is 4.98 Å². The first-order valence-corrected chi connectivity index (χ1v) is 6.87. The Kier molecular flexibility index (Phi) is 2.47. The van der Waals surface area contributed by atoms with Crippen molar-refractivity contribution < 1.29 is 4.79 Å². The van der Waals surface area contributed by atoms with Crippen molar-refractivity contribution in [3.63, 3.8) is 0 Å². The summed E-state index contributed by atoms with van der Waals surface area (Å²) >= 11 is 0. The second kappa shape index (κ2) is 4.34. The van der Waals surface area contributed by atoms with Crippen LogP contribution < -0.4 is 11.1 Å². The van der Waals surface area contributed by atoms with Gasteiger partial charge in [0.05, 0.1) is 16.6 Å². The Bertz CT molecular complexity index is 866. The van der Waals surface area contributed by atoms with Gasteiger partial charge >= 0.3 is 0 Å². The number of anilines is 1. The van der Waals surface area contributed by atoms with Crippen LogP contribution in [-0.4, -0.2) is 22.0 Å². The number of carbonyl (C=O) groups excluding carboxylic acids is 1. The Labute approximate surface area is 121 Å². The summed E-state index contributed by atoms with van der Waals surface area (Å²) in [5.41, 5.74) is 9.95. The Morgan fingerprint density at radius 2 is 2.05 bits per heavy atom. The first-order chi connectivity index (χ1) is 10.2. The quantitative estimate of drug-likeness (QED) is 0.669. The van der Waals surface area contributed by atoms with Crippen LogP contribution in [0.25, 0.3) is 22.4 Å². The maximum absolute atomic E-state index is 12.1. The predicted molar refractivity (Wildman–Crippen MR) is 81.9 cm³/mol. The van der Waals surface area contributed by atoms with Gasteiger partial charge in [-0.2, -0.15) is 0 Å².